The van der Waals surface area contributed by atoms with Crippen LogP contribution in [-0.4, -0.2) is 34.8 Å². The molecule has 0 bridgehead atoms. The Morgan fingerprint density at radius 1 is 1.35 bits per heavy atom. The smallest absolute Gasteiger partial charge is 0.329 e. The van der Waals surface area contributed by atoms with E-state index in [0.717, 1.165) is 22.3 Å². The van der Waals surface area contributed by atoms with Crippen molar-refractivity contribution in [2.24, 2.45) is 0 Å². The number of ether oxygens (including phenoxy) is 1. The molecule has 3 heterocycles. The van der Waals surface area contributed by atoms with Gasteiger partial charge in [-0.1, -0.05) is 0 Å². The summed E-state index contributed by atoms with van der Waals surface area (Å²) < 4.78 is 5.31. The van der Waals surface area contributed by atoms with Crippen LogP contribution in [0.5, 0.6) is 5.75 Å². The summed E-state index contributed by atoms with van der Waals surface area (Å²) in [7, 11) is 1.57. The summed E-state index contributed by atoms with van der Waals surface area (Å²) in [5.41, 5.74) is 4.04. The number of methoxy groups -OCH3 is 1. The Kier molecular flexibility index (Phi) is 4.00. The molecule has 134 valence electrons. The Morgan fingerprint density at radius 3 is 2.92 bits per heavy atom. The van der Waals surface area contributed by atoms with E-state index in [2.05, 4.69) is 9.97 Å². The van der Waals surface area contributed by atoms with Gasteiger partial charge in [0.05, 0.1) is 25.9 Å². The summed E-state index contributed by atoms with van der Waals surface area (Å²) >= 11 is 0. The van der Waals surface area contributed by atoms with Crippen molar-refractivity contribution in [3.63, 3.8) is 0 Å². The molecule has 1 aliphatic rings. The van der Waals surface area contributed by atoms with Crippen molar-refractivity contribution in [1.29, 1.82) is 0 Å². The normalized spacial score (nSPS) is 14.0. The highest BCUT2D eigenvalue weighted by Gasteiger charge is 2.32. The third kappa shape index (κ3) is 2.48. The molecule has 2 aromatic heterocycles. The molecular formula is C19H20N4O3. The molecule has 0 aliphatic carbocycles. The van der Waals surface area contributed by atoms with Crippen molar-refractivity contribution in [3.8, 4) is 5.75 Å². The number of urea groups is 1. The lowest BCUT2D eigenvalue weighted by atomic mass is 10.1. The molecule has 0 atom stereocenters. The number of anilines is 2. The van der Waals surface area contributed by atoms with Crippen LogP contribution in [0.2, 0.25) is 0 Å². The first-order valence-electron chi connectivity index (χ1n) is 8.49. The van der Waals surface area contributed by atoms with Gasteiger partial charge in [0.15, 0.2) is 0 Å². The van der Waals surface area contributed by atoms with E-state index in [-0.39, 0.29) is 12.6 Å². The standard InChI is InChI=1S/C19H20N4O3/c1-3-22-17-13(9-21-18-16(17)4-5-20-18)10-23(19(22)25)14-6-12(11-24)7-15(8-14)26-2/h4-9,24H,3,10-11H2,1-2H3,(H,20,21). The number of hydrogen-bond donors (Lipinski definition) is 2. The predicted octanol–water partition coefficient (Wildman–Crippen LogP) is 3.03. The molecule has 0 saturated carbocycles. The van der Waals surface area contributed by atoms with Crippen molar-refractivity contribution in [1.82, 2.24) is 9.97 Å². The van der Waals surface area contributed by atoms with Gasteiger partial charge in [0, 0.05) is 41.6 Å². The van der Waals surface area contributed by atoms with E-state index in [0.29, 0.717) is 30.1 Å². The number of H-pyrrole nitrogens is 1. The highest BCUT2D eigenvalue weighted by atomic mass is 16.5. The van der Waals surface area contributed by atoms with Gasteiger partial charge in [-0.05, 0) is 30.7 Å². The summed E-state index contributed by atoms with van der Waals surface area (Å²) in [4.78, 5) is 24.2. The molecule has 0 spiro atoms. The second kappa shape index (κ2) is 6.34. The monoisotopic (exact) mass is 352 g/mol. The molecule has 2 N–H and O–H groups in total. The van der Waals surface area contributed by atoms with Gasteiger partial charge < -0.3 is 14.8 Å². The number of benzene rings is 1. The average molecular weight is 352 g/mol. The van der Waals surface area contributed by atoms with Gasteiger partial charge >= 0.3 is 6.03 Å². The number of carbonyl (C=O) groups excluding carboxylic acids is 1. The first-order valence-corrected chi connectivity index (χ1v) is 8.49. The van der Waals surface area contributed by atoms with Crippen LogP contribution in [0, 0.1) is 0 Å². The van der Waals surface area contributed by atoms with E-state index in [1.165, 1.54) is 0 Å². The van der Waals surface area contributed by atoms with Gasteiger partial charge in [-0.25, -0.2) is 9.78 Å². The zero-order valence-electron chi connectivity index (χ0n) is 14.7. The highest BCUT2D eigenvalue weighted by molar-refractivity contribution is 6.11. The number of aliphatic hydroxyl groups is 1. The topological polar surface area (TPSA) is 81.7 Å². The quantitative estimate of drug-likeness (QED) is 0.756. The number of amides is 2. The second-order valence-corrected chi connectivity index (χ2v) is 6.18. The van der Waals surface area contributed by atoms with Gasteiger partial charge in [0.1, 0.15) is 11.4 Å². The number of nitrogens with one attached hydrogen (secondary N) is 1. The lowest BCUT2D eigenvalue weighted by molar-refractivity contribution is 0.250. The molecule has 0 fully saturated rings. The molecule has 0 unspecified atom stereocenters. The zero-order chi connectivity index (χ0) is 18.3. The molecule has 26 heavy (non-hydrogen) atoms. The maximum absolute atomic E-state index is 13.2. The van der Waals surface area contributed by atoms with Crippen LogP contribution in [-0.2, 0) is 13.2 Å². The molecule has 1 aliphatic heterocycles. The van der Waals surface area contributed by atoms with Crippen LogP contribution < -0.4 is 14.5 Å². The van der Waals surface area contributed by atoms with Crippen LogP contribution in [0.4, 0.5) is 16.2 Å². The van der Waals surface area contributed by atoms with Crippen molar-refractivity contribution in [3.05, 3.63) is 47.8 Å². The van der Waals surface area contributed by atoms with E-state index in [1.54, 1.807) is 29.0 Å². The van der Waals surface area contributed by atoms with Gasteiger partial charge in [-0.15, -0.1) is 0 Å². The van der Waals surface area contributed by atoms with Crippen LogP contribution >= 0.6 is 0 Å². The lowest BCUT2D eigenvalue weighted by Gasteiger charge is -2.37. The van der Waals surface area contributed by atoms with Crippen LogP contribution in [0.25, 0.3) is 11.0 Å². The number of carbonyl (C=O) groups is 1. The van der Waals surface area contributed by atoms with Gasteiger partial charge in [0.25, 0.3) is 0 Å². The second-order valence-electron chi connectivity index (χ2n) is 6.18. The minimum absolute atomic E-state index is 0.106. The summed E-state index contributed by atoms with van der Waals surface area (Å²) in [6.07, 6.45) is 3.64. The number of rotatable bonds is 4. The van der Waals surface area contributed by atoms with E-state index in [4.69, 9.17) is 4.74 Å². The summed E-state index contributed by atoms with van der Waals surface area (Å²) in [6.45, 7) is 2.79. The largest absolute Gasteiger partial charge is 0.497 e. The summed E-state index contributed by atoms with van der Waals surface area (Å²) in [6, 6.07) is 7.21. The molecule has 7 nitrogen and oxygen atoms in total. The lowest BCUT2D eigenvalue weighted by Crippen LogP contribution is -2.47. The molecule has 7 heteroatoms. The molecule has 1 aromatic carbocycles. The van der Waals surface area contributed by atoms with Crippen LogP contribution in [0.1, 0.15) is 18.1 Å². The molecule has 0 radical (unpaired) electrons. The maximum Gasteiger partial charge on any atom is 0.329 e. The average Bonchev–Trinajstić information content (AvgIpc) is 3.16. The van der Waals surface area contributed by atoms with Crippen molar-refractivity contribution in [2.45, 2.75) is 20.1 Å². The number of aromatic amines is 1. The molecule has 3 aromatic rings. The fraction of sp³-hybridized carbons (Fsp3) is 0.263. The number of hydrogen-bond acceptors (Lipinski definition) is 4. The molecule has 0 saturated heterocycles. The number of aliphatic hydroxyl groups excluding tert-OH is 1. The maximum atomic E-state index is 13.2. The molecular weight excluding hydrogens is 332 g/mol. The van der Waals surface area contributed by atoms with Crippen LogP contribution in [0.3, 0.4) is 0 Å². The Morgan fingerprint density at radius 2 is 2.19 bits per heavy atom. The van der Waals surface area contributed by atoms with Crippen molar-refractivity contribution >= 4 is 28.4 Å². The Labute approximate surface area is 150 Å². The van der Waals surface area contributed by atoms with E-state index < -0.39 is 0 Å². The van der Waals surface area contributed by atoms with Gasteiger partial charge in [-0.2, -0.15) is 0 Å². The number of fused-ring (bicyclic) bond motifs is 3. The van der Waals surface area contributed by atoms with E-state index in [9.17, 15) is 9.90 Å². The van der Waals surface area contributed by atoms with E-state index in [1.807, 2.05) is 31.5 Å². The van der Waals surface area contributed by atoms with Crippen molar-refractivity contribution < 1.29 is 14.6 Å². The molecule has 2 amide bonds. The predicted molar refractivity (Wildman–Crippen MR) is 99.6 cm³/mol. The number of pyridine rings is 1. The van der Waals surface area contributed by atoms with Gasteiger partial charge in [-0.3, -0.25) is 9.80 Å². The minimum atomic E-state index is -0.119. The highest BCUT2D eigenvalue weighted by Crippen LogP contribution is 2.37. The third-order valence-corrected chi connectivity index (χ3v) is 4.69. The van der Waals surface area contributed by atoms with Crippen molar-refractivity contribution in [2.75, 3.05) is 23.5 Å². The summed E-state index contributed by atoms with van der Waals surface area (Å²) in [5, 5.41) is 10.5. The fourth-order valence-electron chi connectivity index (χ4n) is 3.45. The Hall–Kier alpha value is -3.06. The van der Waals surface area contributed by atoms with Crippen LogP contribution in [0.15, 0.2) is 36.7 Å². The first kappa shape index (κ1) is 16.4. The van der Waals surface area contributed by atoms with Gasteiger partial charge in [0.2, 0.25) is 0 Å². The first-order chi connectivity index (χ1) is 12.7. The summed E-state index contributed by atoms with van der Waals surface area (Å²) in [5.74, 6) is 0.604. The Bertz CT molecular complexity index is 960. The third-order valence-electron chi connectivity index (χ3n) is 4.69. The number of nitrogens with zero attached hydrogens (tertiary/aromatic N) is 3. The number of aromatic nitrogens is 2. The Balaban J connectivity index is 1.84. The SMILES string of the molecule is CCN1C(=O)N(c2cc(CO)cc(OC)c2)Cc2cnc3[nH]ccc3c21. The zero-order valence-corrected chi connectivity index (χ0v) is 14.7. The van der Waals surface area contributed by atoms with E-state index >= 15 is 0 Å². The fourth-order valence-corrected chi connectivity index (χ4v) is 3.45. The minimum Gasteiger partial charge on any atom is -0.497 e. The molecule has 4 rings (SSSR count).